The highest BCUT2D eigenvalue weighted by Crippen LogP contribution is 2.13. The Kier molecular flexibility index (Phi) is 3.30. The number of nitrogens with one attached hydrogen (secondary N) is 2. The van der Waals surface area contributed by atoms with E-state index < -0.39 is 0 Å². The maximum atomic E-state index is 11.6. The van der Waals surface area contributed by atoms with Crippen molar-refractivity contribution in [3.8, 4) is 5.75 Å². The van der Waals surface area contributed by atoms with Gasteiger partial charge in [-0.05, 0) is 20.4 Å². The van der Waals surface area contributed by atoms with Crippen LogP contribution in [0.3, 0.4) is 0 Å². The van der Waals surface area contributed by atoms with E-state index in [1.54, 1.807) is 13.2 Å². The lowest BCUT2D eigenvalue weighted by Gasteiger charge is -2.11. The normalized spacial score (nSPS) is 12.8. The number of aryl methyl sites for hydroxylation is 1. The molecule has 1 heterocycles. The van der Waals surface area contributed by atoms with Crippen LogP contribution < -0.4 is 10.7 Å². The van der Waals surface area contributed by atoms with Crippen molar-refractivity contribution in [2.75, 3.05) is 7.05 Å². The zero-order valence-electron chi connectivity index (χ0n) is 8.72. The van der Waals surface area contributed by atoms with Crippen LogP contribution in [-0.2, 0) is 6.42 Å². The van der Waals surface area contributed by atoms with Crippen molar-refractivity contribution >= 4 is 0 Å². The highest BCUT2D eigenvalue weighted by Gasteiger charge is 2.12. The molecule has 0 aromatic carbocycles. The van der Waals surface area contributed by atoms with Crippen LogP contribution in [0.4, 0.5) is 0 Å². The molecule has 3 N–H and O–H groups in total. The smallest absolute Gasteiger partial charge is 0.228 e. The zero-order chi connectivity index (χ0) is 10.7. The number of pyridine rings is 1. The number of rotatable bonds is 3. The second kappa shape index (κ2) is 4.28. The molecule has 78 valence electrons. The molecule has 0 bridgehead atoms. The molecule has 4 nitrogen and oxygen atoms in total. The summed E-state index contributed by atoms with van der Waals surface area (Å²) in [5.74, 6) is -0.160. The number of aromatic hydroxyl groups is 1. The van der Waals surface area contributed by atoms with Crippen LogP contribution in [0, 0.1) is 0 Å². The Morgan fingerprint density at radius 2 is 2.29 bits per heavy atom. The minimum absolute atomic E-state index is 0.0597. The van der Waals surface area contributed by atoms with Gasteiger partial charge in [-0.3, -0.25) is 4.79 Å². The number of aromatic amines is 1. The molecule has 1 atom stereocenters. The molecule has 0 radical (unpaired) electrons. The summed E-state index contributed by atoms with van der Waals surface area (Å²) >= 11 is 0. The standard InChI is InChI=1S/C10H16N2O2/c1-4-8-10(14)9(13)7(5-12-8)6(2)11-3/h5-6,11,14H,4H2,1-3H3,(H,12,13). The number of hydrogen-bond acceptors (Lipinski definition) is 3. The molecule has 0 aliphatic carbocycles. The minimum Gasteiger partial charge on any atom is -0.503 e. The van der Waals surface area contributed by atoms with Gasteiger partial charge < -0.3 is 15.4 Å². The summed E-state index contributed by atoms with van der Waals surface area (Å²) in [5, 5.41) is 12.5. The van der Waals surface area contributed by atoms with E-state index in [4.69, 9.17) is 0 Å². The monoisotopic (exact) mass is 196 g/mol. The molecule has 1 aromatic rings. The fourth-order valence-corrected chi connectivity index (χ4v) is 1.32. The molecule has 0 aliphatic heterocycles. The van der Waals surface area contributed by atoms with Crippen molar-refractivity contribution < 1.29 is 5.11 Å². The largest absolute Gasteiger partial charge is 0.503 e. The predicted octanol–water partition coefficient (Wildman–Crippen LogP) is 0.923. The van der Waals surface area contributed by atoms with Crippen molar-refractivity contribution in [2.45, 2.75) is 26.3 Å². The topological polar surface area (TPSA) is 65.1 Å². The summed E-state index contributed by atoms with van der Waals surface area (Å²) in [6.45, 7) is 3.75. The zero-order valence-corrected chi connectivity index (χ0v) is 8.72. The van der Waals surface area contributed by atoms with Crippen LogP contribution in [0.5, 0.6) is 5.75 Å². The number of aromatic nitrogens is 1. The molecule has 0 saturated carbocycles. The van der Waals surface area contributed by atoms with Crippen molar-refractivity contribution in [1.82, 2.24) is 10.3 Å². The first-order valence-corrected chi connectivity index (χ1v) is 4.72. The molecule has 0 amide bonds. The van der Waals surface area contributed by atoms with Crippen LogP contribution in [-0.4, -0.2) is 17.1 Å². The molecule has 0 aliphatic rings. The van der Waals surface area contributed by atoms with Crippen molar-refractivity contribution in [1.29, 1.82) is 0 Å². The first-order chi connectivity index (χ1) is 6.61. The Hall–Kier alpha value is -1.29. The predicted molar refractivity (Wildman–Crippen MR) is 55.6 cm³/mol. The van der Waals surface area contributed by atoms with Gasteiger partial charge in [0.15, 0.2) is 5.75 Å². The molecule has 4 heteroatoms. The van der Waals surface area contributed by atoms with E-state index in [0.717, 1.165) is 0 Å². The third-order valence-electron chi connectivity index (χ3n) is 2.42. The van der Waals surface area contributed by atoms with E-state index in [1.807, 2.05) is 13.8 Å². The Morgan fingerprint density at radius 1 is 1.64 bits per heavy atom. The maximum Gasteiger partial charge on any atom is 0.228 e. The number of H-pyrrole nitrogens is 1. The van der Waals surface area contributed by atoms with Crippen molar-refractivity contribution in [3.63, 3.8) is 0 Å². The third-order valence-corrected chi connectivity index (χ3v) is 2.42. The fourth-order valence-electron chi connectivity index (χ4n) is 1.32. The van der Waals surface area contributed by atoms with Gasteiger partial charge >= 0.3 is 0 Å². The highest BCUT2D eigenvalue weighted by molar-refractivity contribution is 5.31. The molecule has 0 fully saturated rings. The van der Waals surface area contributed by atoms with Gasteiger partial charge in [0, 0.05) is 17.8 Å². The van der Waals surface area contributed by atoms with E-state index in [9.17, 15) is 9.90 Å². The van der Waals surface area contributed by atoms with Gasteiger partial charge in [0.25, 0.3) is 0 Å². The first kappa shape index (κ1) is 10.8. The second-order valence-corrected chi connectivity index (χ2v) is 3.26. The lowest BCUT2D eigenvalue weighted by atomic mass is 10.1. The Balaban J connectivity index is 3.24. The van der Waals surface area contributed by atoms with E-state index in [-0.39, 0.29) is 17.2 Å². The van der Waals surface area contributed by atoms with E-state index in [2.05, 4.69) is 10.3 Å². The Labute approximate surface area is 83.0 Å². The lowest BCUT2D eigenvalue weighted by molar-refractivity contribution is 0.456. The second-order valence-electron chi connectivity index (χ2n) is 3.26. The SMILES string of the molecule is CCc1[nH]cc(C(C)NC)c(=O)c1O. The van der Waals surface area contributed by atoms with Gasteiger partial charge in [0.05, 0.1) is 5.69 Å². The van der Waals surface area contributed by atoms with Gasteiger partial charge in [-0.25, -0.2) is 0 Å². The molecule has 1 unspecified atom stereocenters. The summed E-state index contributed by atoms with van der Waals surface area (Å²) in [6, 6.07) is -0.0597. The Bertz CT molecular complexity index is 371. The first-order valence-electron chi connectivity index (χ1n) is 4.72. The number of hydrogen-bond donors (Lipinski definition) is 3. The van der Waals surface area contributed by atoms with Gasteiger partial charge in [-0.2, -0.15) is 0 Å². The average molecular weight is 196 g/mol. The van der Waals surface area contributed by atoms with Gasteiger partial charge in [0.2, 0.25) is 5.43 Å². The summed E-state index contributed by atoms with van der Waals surface area (Å²) in [6.07, 6.45) is 2.28. The third kappa shape index (κ3) is 1.80. The molecule has 0 saturated heterocycles. The van der Waals surface area contributed by atoms with Crippen molar-refractivity contribution in [2.24, 2.45) is 0 Å². The molecule has 14 heavy (non-hydrogen) atoms. The highest BCUT2D eigenvalue weighted by atomic mass is 16.3. The quantitative estimate of drug-likeness (QED) is 0.673. The van der Waals surface area contributed by atoms with Crippen molar-refractivity contribution in [3.05, 3.63) is 27.7 Å². The summed E-state index contributed by atoms with van der Waals surface area (Å²) in [7, 11) is 1.77. The lowest BCUT2D eigenvalue weighted by Crippen LogP contribution is -2.21. The minimum atomic E-state index is -0.289. The summed E-state index contributed by atoms with van der Waals surface area (Å²) in [5.41, 5.74) is 0.853. The van der Waals surface area contributed by atoms with Gasteiger partial charge in [-0.15, -0.1) is 0 Å². The van der Waals surface area contributed by atoms with E-state index in [1.165, 1.54) is 0 Å². The molecule has 1 rings (SSSR count). The molecule has 0 spiro atoms. The fraction of sp³-hybridized carbons (Fsp3) is 0.500. The maximum absolute atomic E-state index is 11.6. The van der Waals surface area contributed by atoms with E-state index >= 15 is 0 Å². The van der Waals surface area contributed by atoms with Gasteiger partial charge in [-0.1, -0.05) is 6.92 Å². The molecular formula is C10H16N2O2. The Morgan fingerprint density at radius 3 is 2.79 bits per heavy atom. The molecular weight excluding hydrogens is 180 g/mol. The van der Waals surface area contributed by atoms with Gasteiger partial charge in [0.1, 0.15) is 0 Å². The van der Waals surface area contributed by atoms with Crippen LogP contribution in [0.1, 0.15) is 31.1 Å². The van der Waals surface area contributed by atoms with Crippen LogP contribution in [0.2, 0.25) is 0 Å². The van der Waals surface area contributed by atoms with Crippen LogP contribution >= 0.6 is 0 Å². The molecule has 1 aromatic heterocycles. The van der Waals surface area contributed by atoms with Crippen LogP contribution in [0.25, 0.3) is 0 Å². The average Bonchev–Trinajstić information content (AvgIpc) is 2.21. The summed E-state index contributed by atoms with van der Waals surface area (Å²) < 4.78 is 0. The summed E-state index contributed by atoms with van der Waals surface area (Å²) in [4.78, 5) is 14.6. The van der Waals surface area contributed by atoms with E-state index in [0.29, 0.717) is 17.7 Å². The van der Waals surface area contributed by atoms with Crippen LogP contribution in [0.15, 0.2) is 11.0 Å².